The monoisotopic (exact) mass is 288 g/mol. The highest BCUT2D eigenvalue weighted by atomic mass is 19.1. The molecule has 5 heteroatoms. The number of nitro groups is 1. The summed E-state index contributed by atoms with van der Waals surface area (Å²) in [7, 11) is 0. The zero-order valence-corrected chi connectivity index (χ0v) is 12.2. The lowest BCUT2D eigenvalue weighted by atomic mass is 10.1. The number of rotatable bonds is 4. The van der Waals surface area contributed by atoms with Crippen molar-refractivity contribution in [3.63, 3.8) is 0 Å². The highest BCUT2D eigenvalue weighted by Crippen LogP contribution is 2.26. The van der Waals surface area contributed by atoms with Gasteiger partial charge in [0, 0.05) is 23.9 Å². The van der Waals surface area contributed by atoms with E-state index in [4.69, 9.17) is 0 Å². The second-order valence-electron chi connectivity index (χ2n) is 5.14. The second-order valence-corrected chi connectivity index (χ2v) is 5.14. The average Bonchev–Trinajstić information content (AvgIpc) is 2.39. The van der Waals surface area contributed by atoms with Crippen molar-refractivity contribution in [2.75, 3.05) is 5.32 Å². The Hall–Kier alpha value is -2.43. The quantitative estimate of drug-likeness (QED) is 0.675. The summed E-state index contributed by atoms with van der Waals surface area (Å²) in [5, 5.41) is 14.2. The Bertz CT molecular complexity index is 699. The number of benzene rings is 2. The molecular formula is C16H17FN2O2. The molecule has 0 aromatic heterocycles. The Balaban J connectivity index is 2.23. The lowest BCUT2D eigenvalue weighted by Gasteiger charge is -2.12. The highest BCUT2D eigenvalue weighted by molar-refractivity contribution is 5.60. The van der Waals surface area contributed by atoms with Crippen LogP contribution in [0.5, 0.6) is 0 Å². The van der Waals surface area contributed by atoms with E-state index in [0.717, 1.165) is 22.4 Å². The first-order chi connectivity index (χ1) is 9.88. The molecule has 2 aromatic carbocycles. The molecule has 0 aliphatic carbocycles. The van der Waals surface area contributed by atoms with Crippen LogP contribution in [-0.2, 0) is 6.54 Å². The fourth-order valence-corrected chi connectivity index (χ4v) is 2.28. The molecule has 0 saturated heterocycles. The van der Waals surface area contributed by atoms with Crippen molar-refractivity contribution in [3.05, 3.63) is 68.5 Å². The van der Waals surface area contributed by atoms with Gasteiger partial charge in [-0.05, 0) is 55.7 Å². The van der Waals surface area contributed by atoms with E-state index in [2.05, 4.69) is 5.32 Å². The molecule has 0 atom stereocenters. The second kappa shape index (κ2) is 5.91. The van der Waals surface area contributed by atoms with Gasteiger partial charge >= 0.3 is 0 Å². The number of nitrogens with zero attached hydrogens (tertiary/aromatic N) is 1. The van der Waals surface area contributed by atoms with Gasteiger partial charge in [-0.25, -0.2) is 4.39 Å². The van der Waals surface area contributed by atoms with Crippen LogP contribution < -0.4 is 5.32 Å². The smallest absolute Gasteiger partial charge is 0.274 e. The third-order valence-corrected chi connectivity index (χ3v) is 3.51. The van der Waals surface area contributed by atoms with Crippen LogP contribution in [0.2, 0.25) is 0 Å². The summed E-state index contributed by atoms with van der Waals surface area (Å²) in [6.07, 6.45) is 0. The molecule has 2 rings (SSSR count). The van der Waals surface area contributed by atoms with Crippen LogP contribution in [0.25, 0.3) is 0 Å². The zero-order valence-electron chi connectivity index (χ0n) is 12.2. The minimum atomic E-state index is -0.386. The van der Waals surface area contributed by atoms with Gasteiger partial charge in [0.25, 0.3) is 5.69 Å². The van der Waals surface area contributed by atoms with Gasteiger partial charge in [0.1, 0.15) is 5.82 Å². The highest BCUT2D eigenvalue weighted by Gasteiger charge is 2.13. The van der Waals surface area contributed by atoms with Crippen LogP contribution >= 0.6 is 0 Å². The Morgan fingerprint density at radius 2 is 1.81 bits per heavy atom. The van der Waals surface area contributed by atoms with Gasteiger partial charge in [-0.15, -0.1) is 0 Å². The predicted molar refractivity (Wildman–Crippen MR) is 81.0 cm³/mol. The minimum absolute atomic E-state index is 0.0962. The minimum Gasteiger partial charge on any atom is -0.381 e. The van der Waals surface area contributed by atoms with Crippen molar-refractivity contribution < 1.29 is 9.31 Å². The number of hydrogen-bond donors (Lipinski definition) is 1. The summed E-state index contributed by atoms with van der Waals surface area (Å²) < 4.78 is 13.1. The van der Waals surface area contributed by atoms with E-state index in [1.165, 1.54) is 12.1 Å². The molecule has 0 bridgehead atoms. The van der Waals surface area contributed by atoms with Crippen LogP contribution in [-0.4, -0.2) is 4.92 Å². The van der Waals surface area contributed by atoms with E-state index in [1.807, 2.05) is 13.8 Å². The molecule has 110 valence electrons. The van der Waals surface area contributed by atoms with Crippen molar-refractivity contribution in [1.82, 2.24) is 0 Å². The molecule has 0 aliphatic heterocycles. The molecule has 1 N–H and O–H groups in total. The lowest BCUT2D eigenvalue weighted by molar-refractivity contribution is -0.385. The Morgan fingerprint density at radius 3 is 2.43 bits per heavy atom. The topological polar surface area (TPSA) is 55.2 Å². The van der Waals surface area contributed by atoms with Gasteiger partial charge in [-0.3, -0.25) is 10.1 Å². The lowest BCUT2D eigenvalue weighted by Crippen LogP contribution is -2.04. The molecule has 0 amide bonds. The normalized spacial score (nSPS) is 10.5. The fourth-order valence-electron chi connectivity index (χ4n) is 2.28. The van der Waals surface area contributed by atoms with E-state index in [9.17, 15) is 14.5 Å². The third kappa shape index (κ3) is 3.37. The molecule has 0 saturated carbocycles. The summed E-state index contributed by atoms with van der Waals surface area (Å²) in [6, 6.07) is 7.94. The number of nitrogens with one attached hydrogen (secondary N) is 1. The number of hydrogen-bond acceptors (Lipinski definition) is 3. The number of nitro benzene ring substituents is 1. The standard InChI is InChI=1S/C16H17FN2O2/c1-10-7-14(17)5-4-13(10)9-18-15-8-16(19(20)21)12(3)6-11(15)2/h4-8,18H,9H2,1-3H3. The van der Waals surface area contributed by atoms with Crippen molar-refractivity contribution in [2.24, 2.45) is 0 Å². The average molecular weight is 288 g/mol. The van der Waals surface area contributed by atoms with E-state index in [0.29, 0.717) is 12.1 Å². The molecule has 0 unspecified atom stereocenters. The van der Waals surface area contributed by atoms with Crippen LogP contribution in [0.15, 0.2) is 30.3 Å². The van der Waals surface area contributed by atoms with Crippen molar-refractivity contribution in [1.29, 1.82) is 0 Å². The zero-order chi connectivity index (χ0) is 15.6. The van der Waals surface area contributed by atoms with Crippen LogP contribution in [0.1, 0.15) is 22.3 Å². The van der Waals surface area contributed by atoms with Gasteiger partial charge in [0.15, 0.2) is 0 Å². The van der Waals surface area contributed by atoms with Gasteiger partial charge < -0.3 is 5.32 Å². The number of halogens is 1. The van der Waals surface area contributed by atoms with Crippen LogP contribution in [0.4, 0.5) is 15.8 Å². The maximum atomic E-state index is 13.1. The number of anilines is 1. The molecule has 0 heterocycles. The summed E-state index contributed by atoms with van der Waals surface area (Å²) in [6.45, 7) is 5.95. The van der Waals surface area contributed by atoms with E-state index in [1.54, 1.807) is 25.1 Å². The Labute approximate surface area is 122 Å². The molecular weight excluding hydrogens is 271 g/mol. The van der Waals surface area contributed by atoms with Crippen LogP contribution in [0, 0.1) is 36.7 Å². The summed E-state index contributed by atoms with van der Waals surface area (Å²) >= 11 is 0. The number of aryl methyl sites for hydroxylation is 3. The van der Waals surface area contributed by atoms with Gasteiger partial charge in [-0.1, -0.05) is 6.07 Å². The fraction of sp³-hybridized carbons (Fsp3) is 0.250. The predicted octanol–water partition coefficient (Wildman–Crippen LogP) is 4.27. The van der Waals surface area contributed by atoms with Gasteiger partial charge in [-0.2, -0.15) is 0 Å². The first-order valence-corrected chi connectivity index (χ1v) is 6.63. The van der Waals surface area contributed by atoms with Crippen molar-refractivity contribution in [2.45, 2.75) is 27.3 Å². The Kier molecular flexibility index (Phi) is 4.21. The molecule has 0 spiro atoms. The molecule has 0 aliphatic rings. The van der Waals surface area contributed by atoms with E-state index >= 15 is 0 Å². The van der Waals surface area contributed by atoms with Crippen LogP contribution in [0.3, 0.4) is 0 Å². The van der Waals surface area contributed by atoms with E-state index < -0.39 is 0 Å². The SMILES string of the molecule is Cc1cc(F)ccc1CNc1cc([N+](=O)[O-])c(C)cc1C. The maximum Gasteiger partial charge on any atom is 0.274 e. The molecule has 4 nitrogen and oxygen atoms in total. The Morgan fingerprint density at radius 1 is 1.10 bits per heavy atom. The summed E-state index contributed by atoms with van der Waals surface area (Å²) in [5.74, 6) is -0.265. The van der Waals surface area contributed by atoms with E-state index in [-0.39, 0.29) is 16.4 Å². The molecule has 2 aromatic rings. The molecule has 0 fully saturated rings. The molecule has 0 radical (unpaired) electrons. The van der Waals surface area contributed by atoms with Gasteiger partial charge in [0.05, 0.1) is 4.92 Å². The maximum absolute atomic E-state index is 13.1. The third-order valence-electron chi connectivity index (χ3n) is 3.51. The summed E-state index contributed by atoms with van der Waals surface area (Å²) in [4.78, 5) is 10.6. The van der Waals surface area contributed by atoms with Crippen molar-refractivity contribution in [3.8, 4) is 0 Å². The van der Waals surface area contributed by atoms with Gasteiger partial charge in [0.2, 0.25) is 0 Å². The summed E-state index contributed by atoms with van der Waals surface area (Å²) in [5.41, 5.74) is 4.20. The molecule has 21 heavy (non-hydrogen) atoms. The first-order valence-electron chi connectivity index (χ1n) is 6.63. The van der Waals surface area contributed by atoms with Crippen molar-refractivity contribution >= 4 is 11.4 Å². The largest absolute Gasteiger partial charge is 0.381 e. The first kappa shape index (κ1) is 15.0.